The van der Waals surface area contributed by atoms with Gasteiger partial charge in [-0.1, -0.05) is 68.3 Å². The van der Waals surface area contributed by atoms with Gasteiger partial charge in [-0.2, -0.15) is 0 Å². The molecule has 0 unspecified atom stereocenters. The van der Waals surface area contributed by atoms with E-state index in [9.17, 15) is 0 Å². The van der Waals surface area contributed by atoms with Crippen LogP contribution in [0.25, 0.3) is 21.7 Å². The lowest BCUT2D eigenvalue weighted by Gasteiger charge is -2.26. The molecular formula is C31H40N4O. The van der Waals surface area contributed by atoms with Crippen molar-refractivity contribution in [1.82, 2.24) is 15.3 Å². The van der Waals surface area contributed by atoms with Crippen molar-refractivity contribution < 1.29 is 4.74 Å². The molecular weight excluding hydrogens is 444 g/mol. The summed E-state index contributed by atoms with van der Waals surface area (Å²) in [6, 6.07) is 20.9. The summed E-state index contributed by atoms with van der Waals surface area (Å²) in [5.74, 6) is 4.59. The Labute approximate surface area is 215 Å². The smallest absolute Gasteiger partial charge is 0.139 e. The highest BCUT2D eigenvalue weighted by Gasteiger charge is 2.18. The number of rotatable bonds is 6. The van der Waals surface area contributed by atoms with Crippen LogP contribution in [-0.4, -0.2) is 37.7 Å². The van der Waals surface area contributed by atoms with Crippen LogP contribution in [0.4, 0.5) is 5.82 Å². The second kappa shape index (κ2) is 12.2. The average molecular weight is 485 g/mol. The van der Waals surface area contributed by atoms with Gasteiger partial charge in [0.15, 0.2) is 0 Å². The molecule has 1 heterocycles. The lowest BCUT2D eigenvalue weighted by Crippen LogP contribution is -2.25. The van der Waals surface area contributed by atoms with E-state index >= 15 is 0 Å². The summed E-state index contributed by atoms with van der Waals surface area (Å²) in [7, 11) is 5.76. The maximum absolute atomic E-state index is 5.68. The number of nitrogens with zero attached hydrogens (tertiary/aromatic N) is 3. The number of aromatic nitrogens is 2. The number of fused-ring (bicyclic) bond motifs is 2. The molecule has 5 heteroatoms. The normalized spacial score (nSPS) is 17.5. The third kappa shape index (κ3) is 6.33. The summed E-state index contributed by atoms with van der Waals surface area (Å²) in [6.07, 6.45) is 5.54. The van der Waals surface area contributed by atoms with Gasteiger partial charge in [-0.3, -0.25) is 0 Å². The van der Waals surface area contributed by atoms with Crippen molar-refractivity contribution in [3.63, 3.8) is 0 Å². The standard InChI is InChI=1S/C20H27NO.C11H13N3/c1-15-7-9-16(10-8-15)13-21-14-18-12-11-17-5-3-4-6-19(17)20(18)22-2;1-8-12-10-7-5-4-6-9(10)11(13-8)14(2)3/h3-6,11-12,15-16,21H,7-10,13-14H2,1-2H3;4-7H,1-3H3. The lowest BCUT2D eigenvalue weighted by molar-refractivity contribution is 0.281. The number of methoxy groups -OCH3 is 1. The van der Waals surface area contributed by atoms with E-state index in [0.29, 0.717) is 0 Å². The third-order valence-electron chi connectivity index (χ3n) is 7.17. The van der Waals surface area contributed by atoms with Gasteiger partial charge in [-0.15, -0.1) is 0 Å². The number of anilines is 1. The van der Waals surface area contributed by atoms with Crippen LogP contribution in [0, 0.1) is 18.8 Å². The number of benzene rings is 3. The van der Waals surface area contributed by atoms with Crippen LogP contribution in [0.15, 0.2) is 60.7 Å². The molecule has 4 aromatic rings. The molecule has 1 aromatic heterocycles. The Balaban J connectivity index is 0.000000187. The Morgan fingerprint density at radius 2 is 1.58 bits per heavy atom. The van der Waals surface area contributed by atoms with Crippen LogP contribution in [0.2, 0.25) is 0 Å². The topological polar surface area (TPSA) is 50.3 Å². The molecule has 0 aliphatic heterocycles. The molecule has 5 rings (SSSR count). The van der Waals surface area contributed by atoms with Gasteiger partial charge >= 0.3 is 0 Å². The zero-order valence-corrected chi connectivity index (χ0v) is 22.4. The maximum atomic E-state index is 5.68. The first-order chi connectivity index (χ1) is 17.5. The molecule has 5 nitrogen and oxygen atoms in total. The Bertz CT molecular complexity index is 1280. The summed E-state index contributed by atoms with van der Waals surface area (Å²) < 4.78 is 5.68. The SMILES string of the molecule is COc1c(CNCC2CCC(C)CC2)ccc2ccccc12.Cc1nc(N(C)C)c2ccccc2n1. The largest absolute Gasteiger partial charge is 0.496 e. The number of nitrogens with one attached hydrogen (secondary N) is 1. The summed E-state index contributed by atoms with van der Waals surface area (Å²) in [5, 5.41) is 7.19. The molecule has 1 N–H and O–H groups in total. The maximum Gasteiger partial charge on any atom is 0.139 e. The molecule has 0 saturated heterocycles. The number of para-hydroxylation sites is 1. The van der Waals surface area contributed by atoms with E-state index in [-0.39, 0.29) is 0 Å². The summed E-state index contributed by atoms with van der Waals surface area (Å²) in [4.78, 5) is 10.8. The Hall–Kier alpha value is -3.18. The average Bonchev–Trinajstić information content (AvgIpc) is 2.89. The molecule has 36 heavy (non-hydrogen) atoms. The van der Waals surface area contributed by atoms with Crippen molar-refractivity contribution in [3.05, 3.63) is 72.1 Å². The zero-order chi connectivity index (χ0) is 25.5. The number of hydrogen-bond donors (Lipinski definition) is 1. The van der Waals surface area contributed by atoms with Crippen LogP contribution in [0.5, 0.6) is 5.75 Å². The van der Waals surface area contributed by atoms with Crippen LogP contribution in [-0.2, 0) is 6.54 Å². The molecule has 1 aliphatic rings. The van der Waals surface area contributed by atoms with Crippen LogP contribution in [0.3, 0.4) is 0 Å². The van der Waals surface area contributed by atoms with E-state index in [0.717, 1.165) is 53.2 Å². The number of aryl methyl sites for hydroxylation is 1. The van der Waals surface area contributed by atoms with E-state index in [1.165, 1.54) is 42.0 Å². The highest BCUT2D eigenvalue weighted by Crippen LogP contribution is 2.30. The van der Waals surface area contributed by atoms with Gasteiger partial charge in [-0.05, 0) is 55.7 Å². The molecule has 1 aliphatic carbocycles. The zero-order valence-electron chi connectivity index (χ0n) is 22.4. The molecule has 1 fully saturated rings. The Kier molecular flexibility index (Phi) is 8.76. The van der Waals surface area contributed by atoms with Gasteiger partial charge in [0.25, 0.3) is 0 Å². The molecule has 0 spiro atoms. The summed E-state index contributed by atoms with van der Waals surface area (Å²) in [6.45, 7) is 6.31. The van der Waals surface area contributed by atoms with E-state index in [1.807, 2.05) is 50.2 Å². The fourth-order valence-corrected chi connectivity index (χ4v) is 5.13. The van der Waals surface area contributed by atoms with Crippen molar-refractivity contribution in [2.45, 2.75) is 46.1 Å². The number of hydrogen-bond acceptors (Lipinski definition) is 5. The van der Waals surface area contributed by atoms with Crippen molar-refractivity contribution >= 4 is 27.5 Å². The first kappa shape index (κ1) is 25.9. The predicted octanol–water partition coefficient (Wildman–Crippen LogP) is 6.77. The fraction of sp³-hybridized carbons (Fsp3) is 0.419. The van der Waals surface area contributed by atoms with Gasteiger partial charge in [0.1, 0.15) is 17.4 Å². The second-order valence-corrected chi connectivity index (χ2v) is 10.2. The first-order valence-electron chi connectivity index (χ1n) is 13.1. The molecule has 0 atom stereocenters. The van der Waals surface area contributed by atoms with Gasteiger partial charge in [0, 0.05) is 37.0 Å². The minimum atomic E-state index is 0.812. The summed E-state index contributed by atoms with van der Waals surface area (Å²) >= 11 is 0. The van der Waals surface area contributed by atoms with Crippen molar-refractivity contribution in [3.8, 4) is 5.75 Å². The lowest BCUT2D eigenvalue weighted by atomic mass is 9.83. The fourth-order valence-electron chi connectivity index (χ4n) is 5.13. The van der Waals surface area contributed by atoms with Gasteiger partial charge in [-0.25, -0.2) is 9.97 Å². The van der Waals surface area contributed by atoms with E-state index in [1.54, 1.807) is 7.11 Å². The number of ether oxygens (including phenoxy) is 1. The Morgan fingerprint density at radius 3 is 2.31 bits per heavy atom. The highest BCUT2D eigenvalue weighted by atomic mass is 16.5. The molecule has 0 bridgehead atoms. The molecule has 0 amide bonds. The van der Waals surface area contributed by atoms with Gasteiger partial charge in [0.2, 0.25) is 0 Å². The van der Waals surface area contributed by atoms with Crippen LogP contribution >= 0.6 is 0 Å². The van der Waals surface area contributed by atoms with Crippen molar-refractivity contribution in [1.29, 1.82) is 0 Å². The minimum Gasteiger partial charge on any atom is -0.496 e. The van der Waals surface area contributed by atoms with Crippen molar-refractivity contribution in [2.24, 2.45) is 11.8 Å². The molecule has 190 valence electrons. The monoisotopic (exact) mass is 484 g/mol. The third-order valence-corrected chi connectivity index (χ3v) is 7.17. The van der Waals surface area contributed by atoms with Gasteiger partial charge < -0.3 is 15.0 Å². The van der Waals surface area contributed by atoms with Crippen LogP contribution < -0.4 is 15.0 Å². The van der Waals surface area contributed by atoms with E-state index < -0.39 is 0 Å². The summed E-state index contributed by atoms with van der Waals surface area (Å²) in [5.41, 5.74) is 2.26. The van der Waals surface area contributed by atoms with Gasteiger partial charge in [0.05, 0.1) is 12.6 Å². The molecule has 3 aromatic carbocycles. The van der Waals surface area contributed by atoms with Crippen molar-refractivity contribution in [2.75, 3.05) is 32.6 Å². The van der Waals surface area contributed by atoms with E-state index in [2.05, 4.69) is 58.6 Å². The van der Waals surface area contributed by atoms with E-state index in [4.69, 9.17) is 4.74 Å². The quantitative estimate of drug-likeness (QED) is 0.327. The Morgan fingerprint density at radius 1 is 0.889 bits per heavy atom. The first-order valence-corrected chi connectivity index (χ1v) is 13.1. The molecule has 0 radical (unpaired) electrons. The molecule has 1 saturated carbocycles. The second-order valence-electron chi connectivity index (χ2n) is 10.2. The predicted molar refractivity (Wildman–Crippen MR) is 152 cm³/mol. The highest BCUT2D eigenvalue weighted by molar-refractivity contribution is 5.90. The van der Waals surface area contributed by atoms with Crippen LogP contribution in [0.1, 0.15) is 44.0 Å². The minimum absolute atomic E-state index is 0.812.